The van der Waals surface area contributed by atoms with E-state index in [0.29, 0.717) is 12.6 Å². The Labute approximate surface area is 124 Å². The molecule has 108 valence electrons. The molecular formula is C15H19ClN2O2. The molecule has 20 heavy (non-hydrogen) atoms. The Balaban J connectivity index is 1.85. The van der Waals surface area contributed by atoms with E-state index in [2.05, 4.69) is 24.0 Å². The van der Waals surface area contributed by atoms with Crippen molar-refractivity contribution in [3.63, 3.8) is 0 Å². The summed E-state index contributed by atoms with van der Waals surface area (Å²) in [6, 6.07) is 6.51. The Morgan fingerprint density at radius 3 is 2.75 bits per heavy atom. The first-order valence-electron chi connectivity index (χ1n) is 7.09. The SMILES string of the molecule is CC(c1ccc2c(c1)C(=O)N(Cl)CC2)N1CCOCC1. The summed E-state index contributed by atoms with van der Waals surface area (Å²) in [6.45, 7) is 6.21. The highest BCUT2D eigenvalue weighted by atomic mass is 35.5. The lowest BCUT2D eigenvalue weighted by atomic mass is 9.95. The van der Waals surface area contributed by atoms with Gasteiger partial charge in [0.15, 0.2) is 0 Å². The van der Waals surface area contributed by atoms with Crippen molar-refractivity contribution in [2.75, 3.05) is 32.8 Å². The zero-order valence-electron chi connectivity index (χ0n) is 11.6. The van der Waals surface area contributed by atoms with Gasteiger partial charge in [-0.3, -0.25) is 14.1 Å². The van der Waals surface area contributed by atoms with Crippen molar-refractivity contribution in [1.29, 1.82) is 0 Å². The number of rotatable bonds is 2. The van der Waals surface area contributed by atoms with Crippen LogP contribution < -0.4 is 0 Å². The highest BCUT2D eigenvalue weighted by Gasteiger charge is 2.25. The zero-order chi connectivity index (χ0) is 14.1. The number of carbonyl (C=O) groups is 1. The number of halogens is 1. The second-order valence-corrected chi connectivity index (χ2v) is 5.79. The van der Waals surface area contributed by atoms with Crippen LogP contribution in [-0.4, -0.2) is 48.1 Å². The van der Waals surface area contributed by atoms with E-state index in [1.54, 1.807) is 0 Å². The molecule has 0 N–H and O–H groups in total. The number of amides is 1. The maximum atomic E-state index is 12.1. The normalized spacial score (nSPS) is 21.7. The molecule has 2 heterocycles. The fourth-order valence-electron chi connectivity index (χ4n) is 2.90. The summed E-state index contributed by atoms with van der Waals surface area (Å²) in [7, 11) is 0. The Hall–Kier alpha value is -1.10. The molecule has 1 aromatic carbocycles. The van der Waals surface area contributed by atoms with Gasteiger partial charge in [0, 0.05) is 43.0 Å². The zero-order valence-corrected chi connectivity index (χ0v) is 12.4. The second kappa shape index (κ2) is 5.72. The second-order valence-electron chi connectivity index (χ2n) is 5.38. The highest BCUT2D eigenvalue weighted by molar-refractivity contribution is 6.24. The van der Waals surface area contributed by atoms with Gasteiger partial charge in [-0.1, -0.05) is 12.1 Å². The third-order valence-corrected chi connectivity index (χ3v) is 4.56. The van der Waals surface area contributed by atoms with Crippen molar-refractivity contribution < 1.29 is 9.53 Å². The van der Waals surface area contributed by atoms with Crippen LogP contribution in [0, 0.1) is 0 Å². The summed E-state index contributed by atoms with van der Waals surface area (Å²) in [6.07, 6.45) is 0.830. The highest BCUT2D eigenvalue weighted by Crippen LogP contribution is 2.27. The Kier molecular flexibility index (Phi) is 3.96. The lowest BCUT2D eigenvalue weighted by Crippen LogP contribution is -2.38. The molecule has 1 fully saturated rings. The van der Waals surface area contributed by atoms with Crippen LogP contribution in [-0.2, 0) is 11.2 Å². The van der Waals surface area contributed by atoms with Gasteiger partial charge in [0.1, 0.15) is 0 Å². The number of ether oxygens (including phenoxy) is 1. The maximum absolute atomic E-state index is 12.1. The predicted octanol–water partition coefficient (Wildman–Crippen LogP) is 2.23. The number of benzene rings is 1. The molecule has 2 aliphatic rings. The van der Waals surface area contributed by atoms with Gasteiger partial charge in [-0.15, -0.1) is 0 Å². The van der Waals surface area contributed by atoms with Gasteiger partial charge in [-0.2, -0.15) is 0 Å². The largest absolute Gasteiger partial charge is 0.379 e. The summed E-state index contributed by atoms with van der Waals surface area (Å²) < 4.78 is 6.67. The molecule has 1 saturated heterocycles. The van der Waals surface area contributed by atoms with E-state index in [9.17, 15) is 4.79 Å². The van der Waals surface area contributed by atoms with Crippen molar-refractivity contribution in [1.82, 2.24) is 9.32 Å². The molecule has 0 saturated carbocycles. The minimum Gasteiger partial charge on any atom is -0.379 e. The molecule has 5 heteroatoms. The summed E-state index contributed by atoms with van der Waals surface area (Å²) >= 11 is 5.93. The molecule has 0 aromatic heterocycles. The lowest BCUT2D eigenvalue weighted by Gasteiger charge is -2.33. The molecule has 0 radical (unpaired) electrons. The fourth-order valence-corrected chi connectivity index (χ4v) is 3.07. The lowest BCUT2D eigenvalue weighted by molar-refractivity contribution is 0.0198. The van der Waals surface area contributed by atoms with E-state index in [4.69, 9.17) is 16.5 Å². The van der Waals surface area contributed by atoms with E-state index in [1.807, 2.05) is 6.07 Å². The molecule has 1 unspecified atom stereocenters. The van der Waals surface area contributed by atoms with Gasteiger partial charge < -0.3 is 4.74 Å². The number of carbonyl (C=O) groups excluding carboxylic acids is 1. The van der Waals surface area contributed by atoms with Crippen LogP contribution in [0.25, 0.3) is 0 Å². The van der Waals surface area contributed by atoms with E-state index in [-0.39, 0.29) is 5.91 Å². The molecular weight excluding hydrogens is 276 g/mol. The maximum Gasteiger partial charge on any atom is 0.268 e. The van der Waals surface area contributed by atoms with Crippen molar-refractivity contribution in [3.05, 3.63) is 34.9 Å². The molecule has 4 nitrogen and oxygen atoms in total. The van der Waals surface area contributed by atoms with Crippen LogP contribution in [0.3, 0.4) is 0 Å². The monoisotopic (exact) mass is 294 g/mol. The van der Waals surface area contributed by atoms with Crippen LogP contribution in [0.1, 0.15) is 34.5 Å². The van der Waals surface area contributed by atoms with E-state index in [1.165, 1.54) is 9.98 Å². The molecule has 3 rings (SSSR count). The number of hydrogen-bond acceptors (Lipinski definition) is 3. The van der Waals surface area contributed by atoms with Gasteiger partial charge >= 0.3 is 0 Å². The minimum atomic E-state index is -0.0797. The van der Waals surface area contributed by atoms with Gasteiger partial charge in [-0.05, 0) is 30.5 Å². The summed E-state index contributed by atoms with van der Waals surface area (Å²) in [4.78, 5) is 14.5. The summed E-state index contributed by atoms with van der Waals surface area (Å²) in [5, 5.41) is 0. The van der Waals surface area contributed by atoms with Crippen LogP contribution in [0.2, 0.25) is 0 Å². The van der Waals surface area contributed by atoms with E-state index in [0.717, 1.165) is 43.9 Å². The molecule has 1 aromatic rings. The molecule has 1 atom stereocenters. The van der Waals surface area contributed by atoms with Gasteiger partial charge in [0.2, 0.25) is 0 Å². The van der Waals surface area contributed by atoms with Gasteiger partial charge in [0.25, 0.3) is 5.91 Å². The first kappa shape index (κ1) is 13.9. The predicted molar refractivity (Wildman–Crippen MR) is 77.8 cm³/mol. The average Bonchev–Trinajstić information content (AvgIpc) is 2.51. The van der Waals surface area contributed by atoms with Crippen molar-refractivity contribution in [2.45, 2.75) is 19.4 Å². The van der Waals surface area contributed by atoms with Crippen molar-refractivity contribution in [2.24, 2.45) is 0 Å². The molecule has 0 aliphatic carbocycles. The van der Waals surface area contributed by atoms with Crippen molar-refractivity contribution >= 4 is 17.7 Å². The van der Waals surface area contributed by atoms with Crippen LogP contribution in [0.4, 0.5) is 0 Å². The number of morpholine rings is 1. The van der Waals surface area contributed by atoms with Crippen LogP contribution in [0.5, 0.6) is 0 Å². The average molecular weight is 295 g/mol. The van der Waals surface area contributed by atoms with Crippen molar-refractivity contribution in [3.8, 4) is 0 Å². The van der Waals surface area contributed by atoms with Gasteiger partial charge in [-0.25, -0.2) is 0 Å². The third-order valence-electron chi connectivity index (χ3n) is 4.24. The van der Waals surface area contributed by atoms with Crippen LogP contribution in [0.15, 0.2) is 18.2 Å². The Bertz CT molecular complexity index is 515. The first-order chi connectivity index (χ1) is 9.66. The summed E-state index contributed by atoms with van der Waals surface area (Å²) in [5.74, 6) is -0.0797. The molecule has 0 bridgehead atoms. The topological polar surface area (TPSA) is 32.8 Å². The van der Waals surface area contributed by atoms with E-state index >= 15 is 0 Å². The molecule has 1 amide bonds. The molecule has 0 spiro atoms. The minimum absolute atomic E-state index is 0.0797. The number of nitrogens with zero attached hydrogens (tertiary/aromatic N) is 2. The number of hydrogen-bond donors (Lipinski definition) is 0. The van der Waals surface area contributed by atoms with Gasteiger partial charge in [0.05, 0.1) is 13.2 Å². The smallest absolute Gasteiger partial charge is 0.268 e. The Morgan fingerprint density at radius 2 is 2.00 bits per heavy atom. The number of fused-ring (bicyclic) bond motifs is 1. The third kappa shape index (κ3) is 2.55. The first-order valence-corrected chi connectivity index (χ1v) is 7.43. The fraction of sp³-hybridized carbons (Fsp3) is 0.533. The molecule has 2 aliphatic heterocycles. The summed E-state index contributed by atoms with van der Waals surface area (Å²) in [5.41, 5.74) is 3.03. The van der Waals surface area contributed by atoms with E-state index < -0.39 is 0 Å². The van der Waals surface area contributed by atoms with Crippen LogP contribution >= 0.6 is 11.8 Å². The Morgan fingerprint density at radius 1 is 1.25 bits per heavy atom. The standard InChI is InChI=1S/C15H19ClN2O2/c1-11(17-6-8-20-9-7-17)13-3-2-12-4-5-18(16)15(19)14(12)10-13/h2-3,10-11H,4-9H2,1H3. The quantitative estimate of drug-likeness (QED) is 0.784.